The van der Waals surface area contributed by atoms with E-state index in [0.717, 1.165) is 30.4 Å². The highest BCUT2D eigenvalue weighted by Gasteiger charge is 2.24. The van der Waals surface area contributed by atoms with E-state index in [-0.39, 0.29) is 0 Å². The van der Waals surface area contributed by atoms with Crippen LogP contribution in [0, 0.1) is 11.8 Å². The Morgan fingerprint density at radius 1 is 1.15 bits per heavy atom. The Hall–Kier alpha value is -1.02. The molecule has 2 heteroatoms. The number of rotatable bonds is 6. The van der Waals surface area contributed by atoms with Crippen molar-refractivity contribution in [2.45, 2.75) is 57.9 Å². The minimum atomic E-state index is 0.370. The third-order valence-corrected chi connectivity index (χ3v) is 5.00. The molecule has 2 rings (SSSR count). The number of hydrogen-bond acceptors (Lipinski definition) is 2. The quantitative estimate of drug-likeness (QED) is 0.845. The Labute approximate surface area is 123 Å². The summed E-state index contributed by atoms with van der Waals surface area (Å²) < 4.78 is 5.19. The predicted octanol–water partition coefficient (Wildman–Crippen LogP) is 4.17. The summed E-state index contributed by atoms with van der Waals surface area (Å²) in [5, 5.41) is 0. The molecule has 1 aromatic rings. The molecule has 1 atom stereocenters. The minimum absolute atomic E-state index is 0.370. The van der Waals surface area contributed by atoms with E-state index in [4.69, 9.17) is 10.5 Å². The van der Waals surface area contributed by atoms with Crippen molar-refractivity contribution in [3.63, 3.8) is 0 Å². The highest BCUT2D eigenvalue weighted by atomic mass is 16.5. The Balaban J connectivity index is 1.75. The lowest BCUT2D eigenvalue weighted by atomic mass is 9.77. The van der Waals surface area contributed by atoms with Crippen LogP contribution in [0.4, 0.5) is 0 Å². The van der Waals surface area contributed by atoms with Gasteiger partial charge < -0.3 is 10.5 Å². The molecule has 0 radical (unpaired) electrons. The van der Waals surface area contributed by atoms with Crippen LogP contribution >= 0.6 is 0 Å². The van der Waals surface area contributed by atoms with Crippen molar-refractivity contribution in [1.29, 1.82) is 0 Å². The summed E-state index contributed by atoms with van der Waals surface area (Å²) in [7, 11) is 1.71. The van der Waals surface area contributed by atoms with Gasteiger partial charge in [0.15, 0.2) is 0 Å². The van der Waals surface area contributed by atoms with Gasteiger partial charge in [-0.05, 0) is 55.2 Å². The molecule has 1 fully saturated rings. The zero-order chi connectivity index (χ0) is 14.4. The molecule has 1 aromatic carbocycles. The smallest absolute Gasteiger partial charge is 0.118 e. The van der Waals surface area contributed by atoms with E-state index in [2.05, 4.69) is 19.1 Å². The van der Waals surface area contributed by atoms with Crippen molar-refractivity contribution < 1.29 is 4.74 Å². The van der Waals surface area contributed by atoms with E-state index < -0.39 is 0 Å². The summed E-state index contributed by atoms with van der Waals surface area (Å²) in [4.78, 5) is 0. The summed E-state index contributed by atoms with van der Waals surface area (Å²) in [6.07, 6.45) is 8.97. The molecule has 1 unspecified atom stereocenters. The second-order valence-corrected chi connectivity index (χ2v) is 6.24. The van der Waals surface area contributed by atoms with Crippen molar-refractivity contribution in [1.82, 2.24) is 0 Å². The molecule has 20 heavy (non-hydrogen) atoms. The molecule has 1 saturated carbocycles. The van der Waals surface area contributed by atoms with Gasteiger partial charge >= 0.3 is 0 Å². The fourth-order valence-electron chi connectivity index (χ4n) is 3.39. The second kappa shape index (κ2) is 7.68. The highest BCUT2D eigenvalue weighted by Crippen LogP contribution is 2.32. The number of ether oxygens (including phenoxy) is 1. The first-order valence-corrected chi connectivity index (χ1v) is 8.11. The standard InChI is InChI=1S/C18H29NO/c1-3-14-4-9-16(10-5-14)18(19)13-8-15-6-11-17(20-2)12-7-15/h6-7,11-12,14,16,18H,3-5,8-10,13,19H2,1-2H3. The van der Waals surface area contributed by atoms with Gasteiger partial charge in [0, 0.05) is 6.04 Å². The number of hydrogen-bond donors (Lipinski definition) is 1. The molecule has 112 valence electrons. The van der Waals surface area contributed by atoms with Gasteiger partial charge in [-0.15, -0.1) is 0 Å². The van der Waals surface area contributed by atoms with Crippen LogP contribution in [0.1, 0.15) is 51.0 Å². The lowest BCUT2D eigenvalue weighted by Gasteiger charge is -2.31. The Kier molecular flexibility index (Phi) is 5.90. The molecule has 1 aliphatic carbocycles. The van der Waals surface area contributed by atoms with Gasteiger partial charge in [0.05, 0.1) is 7.11 Å². The van der Waals surface area contributed by atoms with Gasteiger partial charge in [0.25, 0.3) is 0 Å². The number of aryl methyl sites for hydroxylation is 1. The minimum Gasteiger partial charge on any atom is -0.497 e. The zero-order valence-electron chi connectivity index (χ0n) is 13.0. The molecule has 0 amide bonds. The lowest BCUT2D eigenvalue weighted by molar-refractivity contribution is 0.233. The molecule has 2 nitrogen and oxygen atoms in total. The summed E-state index contributed by atoms with van der Waals surface area (Å²) in [6.45, 7) is 2.31. The van der Waals surface area contributed by atoms with Crippen LogP contribution in [0.3, 0.4) is 0 Å². The van der Waals surface area contributed by atoms with E-state index in [1.54, 1.807) is 7.11 Å². The summed E-state index contributed by atoms with van der Waals surface area (Å²) in [5.74, 6) is 2.63. The molecule has 0 aliphatic heterocycles. The number of benzene rings is 1. The largest absolute Gasteiger partial charge is 0.497 e. The van der Waals surface area contributed by atoms with Crippen LogP contribution in [0.25, 0.3) is 0 Å². The third kappa shape index (κ3) is 4.24. The molecule has 0 heterocycles. The molecular weight excluding hydrogens is 246 g/mol. The molecule has 0 aromatic heterocycles. The van der Waals surface area contributed by atoms with Crippen molar-refractivity contribution in [2.75, 3.05) is 7.11 Å². The average molecular weight is 275 g/mol. The topological polar surface area (TPSA) is 35.2 Å². The van der Waals surface area contributed by atoms with E-state index in [0.29, 0.717) is 6.04 Å². The normalized spacial score (nSPS) is 24.4. The number of methoxy groups -OCH3 is 1. The maximum atomic E-state index is 6.41. The van der Waals surface area contributed by atoms with E-state index >= 15 is 0 Å². The Morgan fingerprint density at radius 2 is 1.80 bits per heavy atom. The van der Waals surface area contributed by atoms with E-state index in [1.807, 2.05) is 12.1 Å². The van der Waals surface area contributed by atoms with Crippen LogP contribution in [0.5, 0.6) is 5.75 Å². The van der Waals surface area contributed by atoms with Crippen molar-refractivity contribution >= 4 is 0 Å². The van der Waals surface area contributed by atoms with Crippen LogP contribution in [-0.2, 0) is 6.42 Å². The molecule has 1 aliphatic rings. The average Bonchev–Trinajstić information content (AvgIpc) is 2.53. The summed E-state index contributed by atoms with van der Waals surface area (Å²) in [5.41, 5.74) is 7.78. The van der Waals surface area contributed by atoms with Crippen molar-refractivity contribution in [3.05, 3.63) is 29.8 Å². The second-order valence-electron chi connectivity index (χ2n) is 6.24. The monoisotopic (exact) mass is 275 g/mol. The molecule has 0 bridgehead atoms. The van der Waals surface area contributed by atoms with Crippen molar-refractivity contribution in [2.24, 2.45) is 17.6 Å². The maximum absolute atomic E-state index is 6.41. The molecule has 0 saturated heterocycles. The van der Waals surface area contributed by atoms with Crippen molar-refractivity contribution in [3.8, 4) is 5.75 Å². The molecule has 2 N–H and O–H groups in total. The van der Waals surface area contributed by atoms with Gasteiger partial charge in [-0.2, -0.15) is 0 Å². The van der Waals surface area contributed by atoms with Gasteiger partial charge in [0.1, 0.15) is 5.75 Å². The van der Waals surface area contributed by atoms with Gasteiger partial charge in [-0.25, -0.2) is 0 Å². The van der Waals surface area contributed by atoms with Crippen LogP contribution < -0.4 is 10.5 Å². The Bertz CT molecular complexity index is 379. The van der Waals surface area contributed by atoms with Crippen LogP contribution in [0.2, 0.25) is 0 Å². The Morgan fingerprint density at radius 3 is 2.35 bits per heavy atom. The predicted molar refractivity (Wildman–Crippen MR) is 85.0 cm³/mol. The van der Waals surface area contributed by atoms with Crippen LogP contribution in [-0.4, -0.2) is 13.2 Å². The first-order chi connectivity index (χ1) is 9.72. The third-order valence-electron chi connectivity index (χ3n) is 5.00. The fourth-order valence-corrected chi connectivity index (χ4v) is 3.39. The van der Waals surface area contributed by atoms with Gasteiger partial charge in [-0.3, -0.25) is 0 Å². The first-order valence-electron chi connectivity index (χ1n) is 8.11. The lowest BCUT2D eigenvalue weighted by Crippen LogP contribution is -2.33. The van der Waals surface area contributed by atoms with E-state index in [1.165, 1.54) is 37.7 Å². The highest BCUT2D eigenvalue weighted by molar-refractivity contribution is 5.27. The SMILES string of the molecule is CCC1CCC(C(N)CCc2ccc(OC)cc2)CC1. The van der Waals surface area contributed by atoms with Crippen LogP contribution in [0.15, 0.2) is 24.3 Å². The summed E-state index contributed by atoms with van der Waals surface area (Å²) in [6, 6.07) is 8.74. The van der Waals surface area contributed by atoms with Gasteiger partial charge in [-0.1, -0.05) is 38.3 Å². The number of nitrogens with two attached hydrogens (primary N) is 1. The molecular formula is C18H29NO. The maximum Gasteiger partial charge on any atom is 0.118 e. The summed E-state index contributed by atoms with van der Waals surface area (Å²) >= 11 is 0. The van der Waals surface area contributed by atoms with Gasteiger partial charge in [0.2, 0.25) is 0 Å². The first kappa shape index (κ1) is 15.4. The molecule has 0 spiro atoms. The fraction of sp³-hybridized carbons (Fsp3) is 0.667. The zero-order valence-corrected chi connectivity index (χ0v) is 13.0. The van der Waals surface area contributed by atoms with E-state index in [9.17, 15) is 0 Å².